The molecule has 18 heavy (non-hydrogen) atoms. The molecule has 0 spiro atoms. The fourth-order valence-corrected chi connectivity index (χ4v) is 2.34. The average molecular weight is 314 g/mol. The SMILES string of the molecule is O=C(NC1CCNC1)c1cc(Br)cc([N+](=O)[O-])c1. The van der Waals surface area contributed by atoms with Crippen LogP contribution >= 0.6 is 15.9 Å². The summed E-state index contributed by atoms with van der Waals surface area (Å²) in [6.07, 6.45) is 0.877. The smallest absolute Gasteiger partial charge is 0.271 e. The highest BCUT2D eigenvalue weighted by molar-refractivity contribution is 9.10. The van der Waals surface area contributed by atoms with Crippen LogP contribution in [0.5, 0.6) is 0 Å². The Hall–Kier alpha value is -1.47. The molecular weight excluding hydrogens is 302 g/mol. The lowest BCUT2D eigenvalue weighted by molar-refractivity contribution is -0.385. The van der Waals surface area contributed by atoms with Gasteiger partial charge in [-0.25, -0.2) is 0 Å². The Morgan fingerprint density at radius 2 is 2.28 bits per heavy atom. The number of non-ortho nitro benzene ring substituents is 1. The minimum Gasteiger partial charge on any atom is -0.348 e. The number of carbonyl (C=O) groups excluding carboxylic acids is 1. The maximum Gasteiger partial charge on any atom is 0.271 e. The van der Waals surface area contributed by atoms with E-state index >= 15 is 0 Å². The molecule has 96 valence electrons. The van der Waals surface area contributed by atoms with Crippen molar-refractivity contribution < 1.29 is 9.72 Å². The van der Waals surface area contributed by atoms with E-state index < -0.39 is 4.92 Å². The van der Waals surface area contributed by atoms with Crippen LogP contribution in [0.15, 0.2) is 22.7 Å². The quantitative estimate of drug-likeness (QED) is 0.653. The fourth-order valence-electron chi connectivity index (χ4n) is 1.86. The summed E-state index contributed by atoms with van der Waals surface area (Å²) in [4.78, 5) is 22.1. The highest BCUT2D eigenvalue weighted by atomic mass is 79.9. The number of halogens is 1. The Morgan fingerprint density at radius 3 is 2.89 bits per heavy atom. The number of hydrogen-bond acceptors (Lipinski definition) is 4. The molecule has 2 N–H and O–H groups in total. The molecule has 1 atom stereocenters. The van der Waals surface area contributed by atoms with Gasteiger partial charge in [-0.15, -0.1) is 0 Å². The number of carbonyl (C=O) groups is 1. The van der Waals surface area contributed by atoms with Crippen LogP contribution in [-0.2, 0) is 0 Å². The molecule has 6 nitrogen and oxygen atoms in total. The molecular formula is C11H12BrN3O3. The second-order valence-corrected chi connectivity index (χ2v) is 5.03. The number of nitro benzene ring substituents is 1. The van der Waals surface area contributed by atoms with Gasteiger partial charge in [-0.3, -0.25) is 14.9 Å². The van der Waals surface area contributed by atoms with Crippen LogP contribution in [0.3, 0.4) is 0 Å². The van der Waals surface area contributed by atoms with Crippen LogP contribution in [0.2, 0.25) is 0 Å². The molecule has 0 radical (unpaired) electrons. The van der Waals surface area contributed by atoms with Gasteiger partial charge < -0.3 is 10.6 Å². The maximum atomic E-state index is 11.9. The third-order valence-corrected chi connectivity index (χ3v) is 3.21. The Bertz CT molecular complexity index is 486. The van der Waals surface area contributed by atoms with E-state index in [1.54, 1.807) is 6.07 Å². The second kappa shape index (κ2) is 5.45. The van der Waals surface area contributed by atoms with Crippen molar-refractivity contribution in [2.45, 2.75) is 12.5 Å². The van der Waals surface area contributed by atoms with Crippen molar-refractivity contribution in [1.82, 2.24) is 10.6 Å². The Labute approximate surface area is 112 Å². The predicted octanol–water partition coefficient (Wildman–Crippen LogP) is 1.45. The van der Waals surface area contributed by atoms with E-state index in [1.807, 2.05) is 0 Å². The first-order valence-corrected chi connectivity index (χ1v) is 6.32. The van der Waals surface area contributed by atoms with Crippen molar-refractivity contribution in [1.29, 1.82) is 0 Å². The minimum atomic E-state index is -0.515. The van der Waals surface area contributed by atoms with E-state index in [9.17, 15) is 14.9 Å². The first-order valence-electron chi connectivity index (χ1n) is 5.53. The van der Waals surface area contributed by atoms with E-state index in [2.05, 4.69) is 26.6 Å². The largest absolute Gasteiger partial charge is 0.348 e. The molecule has 1 saturated heterocycles. The molecule has 7 heteroatoms. The summed E-state index contributed by atoms with van der Waals surface area (Å²) >= 11 is 3.17. The van der Waals surface area contributed by atoms with Crippen LogP contribution < -0.4 is 10.6 Å². The molecule has 1 aliphatic rings. The molecule has 1 amide bonds. The van der Waals surface area contributed by atoms with Gasteiger partial charge in [0.2, 0.25) is 0 Å². The third kappa shape index (κ3) is 3.05. The summed E-state index contributed by atoms with van der Waals surface area (Å²) in [5, 5.41) is 16.7. The number of benzene rings is 1. The molecule has 2 rings (SSSR count). The Morgan fingerprint density at radius 1 is 1.50 bits per heavy atom. The molecule has 1 aromatic rings. The van der Waals surface area contributed by atoms with Crippen LogP contribution in [-0.4, -0.2) is 30.0 Å². The summed E-state index contributed by atoms with van der Waals surface area (Å²) in [5.74, 6) is -0.284. The van der Waals surface area contributed by atoms with Crippen LogP contribution in [0.4, 0.5) is 5.69 Å². The molecule has 1 aromatic carbocycles. The summed E-state index contributed by atoms with van der Waals surface area (Å²) in [6.45, 7) is 1.62. The summed E-state index contributed by atoms with van der Waals surface area (Å²) in [7, 11) is 0. The molecule has 0 bridgehead atoms. The van der Waals surface area contributed by atoms with Gasteiger partial charge in [0.1, 0.15) is 0 Å². The minimum absolute atomic E-state index is 0.0931. The van der Waals surface area contributed by atoms with Crippen LogP contribution in [0.25, 0.3) is 0 Å². The zero-order chi connectivity index (χ0) is 13.1. The molecule has 0 saturated carbocycles. The third-order valence-electron chi connectivity index (χ3n) is 2.75. The van der Waals surface area contributed by atoms with E-state index in [-0.39, 0.29) is 17.6 Å². The summed E-state index contributed by atoms with van der Waals surface area (Å²) in [5.41, 5.74) is 0.196. The van der Waals surface area contributed by atoms with Crippen molar-refractivity contribution >= 4 is 27.5 Å². The lowest BCUT2D eigenvalue weighted by atomic mass is 10.1. The monoisotopic (exact) mass is 313 g/mol. The molecule has 1 fully saturated rings. The van der Waals surface area contributed by atoms with Crippen molar-refractivity contribution in [2.24, 2.45) is 0 Å². The molecule has 0 aliphatic carbocycles. The number of hydrogen-bond donors (Lipinski definition) is 2. The van der Waals surface area contributed by atoms with Crippen molar-refractivity contribution in [3.05, 3.63) is 38.3 Å². The lowest BCUT2D eigenvalue weighted by Gasteiger charge is -2.11. The second-order valence-electron chi connectivity index (χ2n) is 4.12. The van der Waals surface area contributed by atoms with Gasteiger partial charge in [0, 0.05) is 34.8 Å². The predicted molar refractivity (Wildman–Crippen MR) is 69.5 cm³/mol. The number of nitrogens with one attached hydrogen (secondary N) is 2. The first kappa shape index (κ1) is 13.0. The number of amides is 1. The topological polar surface area (TPSA) is 84.3 Å². The number of nitrogens with zero attached hydrogens (tertiary/aromatic N) is 1. The van der Waals surface area contributed by atoms with Gasteiger partial charge in [0.15, 0.2) is 0 Å². The van der Waals surface area contributed by atoms with E-state index in [4.69, 9.17) is 0 Å². The summed E-state index contributed by atoms with van der Waals surface area (Å²) in [6, 6.07) is 4.32. The molecule has 1 unspecified atom stereocenters. The lowest BCUT2D eigenvalue weighted by Crippen LogP contribution is -2.36. The normalized spacial score (nSPS) is 18.6. The van der Waals surface area contributed by atoms with Crippen LogP contribution in [0, 0.1) is 10.1 Å². The fraction of sp³-hybridized carbons (Fsp3) is 0.364. The van der Waals surface area contributed by atoms with E-state index in [0.717, 1.165) is 19.5 Å². The number of rotatable bonds is 3. The zero-order valence-corrected chi connectivity index (χ0v) is 11.1. The van der Waals surface area contributed by atoms with Gasteiger partial charge >= 0.3 is 0 Å². The number of nitro groups is 1. The van der Waals surface area contributed by atoms with Crippen LogP contribution in [0.1, 0.15) is 16.8 Å². The molecule has 0 aromatic heterocycles. The van der Waals surface area contributed by atoms with Gasteiger partial charge in [-0.2, -0.15) is 0 Å². The van der Waals surface area contributed by atoms with E-state index in [1.165, 1.54) is 12.1 Å². The standard InChI is InChI=1S/C11H12BrN3O3/c12-8-3-7(4-10(5-8)15(17)18)11(16)14-9-1-2-13-6-9/h3-5,9,13H,1-2,6H2,(H,14,16). The molecule has 1 heterocycles. The van der Waals surface area contributed by atoms with Crippen molar-refractivity contribution in [2.75, 3.05) is 13.1 Å². The zero-order valence-electron chi connectivity index (χ0n) is 9.48. The first-order chi connectivity index (χ1) is 8.56. The van der Waals surface area contributed by atoms with E-state index in [0.29, 0.717) is 10.0 Å². The van der Waals surface area contributed by atoms with Gasteiger partial charge in [-0.1, -0.05) is 15.9 Å². The van der Waals surface area contributed by atoms with Gasteiger partial charge in [-0.05, 0) is 19.0 Å². The Balaban J connectivity index is 2.16. The van der Waals surface area contributed by atoms with Crippen molar-refractivity contribution in [3.8, 4) is 0 Å². The van der Waals surface area contributed by atoms with Gasteiger partial charge in [0.05, 0.1) is 4.92 Å². The Kier molecular flexibility index (Phi) is 3.93. The molecule has 1 aliphatic heterocycles. The average Bonchev–Trinajstić information content (AvgIpc) is 2.80. The maximum absolute atomic E-state index is 11.9. The highest BCUT2D eigenvalue weighted by Crippen LogP contribution is 2.21. The van der Waals surface area contributed by atoms with Gasteiger partial charge in [0.25, 0.3) is 11.6 Å². The van der Waals surface area contributed by atoms with Crippen molar-refractivity contribution in [3.63, 3.8) is 0 Å². The summed E-state index contributed by atoms with van der Waals surface area (Å²) < 4.78 is 0.520. The highest BCUT2D eigenvalue weighted by Gasteiger charge is 2.19.